The van der Waals surface area contributed by atoms with E-state index in [2.05, 4.69) is 31.6 Å². The summed E-state index contributed by atoms with van der Waals surface area (Å²) in [6, 6.07) is 1.73. The Labute approximate surface area is 99.3 Å². The molecule has 2 rings (SSSR count). The molecule has 0 aliphatic rings. The predicted octanol–water partition coefficient (Wildman–Crippen LogP) is 1.45. The van der Waals surface area contributed by atoms with Gasteiger partial charge in [0.15, 0.2) is 0 Å². The van der Waals surface area contributed by atoms with Gasteiger partial charge in [-0.15, -0.1) is 0 Å². The minimum atomic E-state index is -0.00476. The highest BCUT2D eigenvalue weighted by molar-refractivity contribution is 7.80. The van der Waals surface area contributed by atoms with Crippen LogP contribution < -0.4 is 5.56 Å². The molecular weight excluding hydrogens is 222 g/mol. The predicted molar refractivity (Wildman–Crippen MR) is 67.1 cm³/mol. The van der Waals surface area contributed by atoms with Gasteiger partial charge in [-0.3, -0.25) is 4.79 Å². The van der Waals surface area contributed by atoms with E-state index in [-0.39, 0.29) is 11.0 Å². The zero-order chi connectivity index (χ0) is 11.8. The third-order valence-corrected chi connectivity index (χ3v) is 3.42. The lowest BCUT2D eigenvalue weighted by molar-refractivity contribution is 0.347. The van der Waals surface area contributed by atoms with E-state index in [0.29, 0.717) is 12.1 Å². The fourth-order valence-corrected chi connectivity index (χ4v) is 1.70. The summed E-state index contributed by atoms with van der Waals surface area (Å²) in [5.74, 6) is 0.740. The Hall–Kier alpha value is -1.23. The van der Waals surface area contributed by atoms with Gasteiger partial charge in [-0.25, -0.2) is 4.52 Å². The molecular formula is C11H15N3OS. The smallest absolute Gasteiger partial charge is 0.276 e. The van der Waals surface area contributed by atoms with Crippen molar-refractivity contribution >= 4 is 18.1 Å². The monoisotopic (exact) mass is 237 g/mol. The van der Waals surface area contributed by atoms with Crippen LogP contribution in [0, 0.1) is 5.41 Å². The summed E-state index contributed by atoms with van der Waals surface area (Å²) in [4.78, 5) is 12.1. The first-order chi connectivity index (χ1) is 7.53. The number of nitrogens with zero attached hydrogens (tertiary/aromatic N) is 3. The first-order valence-corrected chi connectivity index (χ1v) is 5.80. The first kappa shape index (κ1) is 11.3. The van der Waals surface area contributed by atoms with Crippen LogP contribution in [0.3, 0.4) is 0 Å². The lowest BCUT2D eigenvalue weighted by atomic mass is 9.96. The Bertz CT molecular complexity index is 556. The molecule has 2 heterocycles. The summed E-state index contributed by atoms with van der Waals surface area (Å²) >= 11 is 4.29. The molecule has 0 radical (unpaired) electrons. The van der Waals surface area contributed by atoms with E-state index in [4.69, 9.17) is 0 Å². The van der Waals surface area contributed by atoms with E-state index >= 15 is 0 Å². The van der Waals surface area contributed by atoms with Crippen LogP contribution in [0.1, 0.15) is 13.8 Å². The number of fused-ring (bicyclic) bond motifs is 1. The molecule has 0 bridgehead atoms. The molecule has 0 aromatic carbocycles. The first-order valence-electron chi connectivity index (χ1n) is 5.17. The summed E-state index contributed by atoms with van der Waals surface area (Å²) in [5.41, 5.74) is 0.609. The third-order valence-electron chi connectivity index (χ3n) is 2.56. The quantitative estimate of drug-likeness (QED) is 0.821. The SMILES string of the molecule is CC(C)(CS)Cn1ccn2nccc2c1=O. The van der Waals surface area contributed by atoms with Crippen LogP contribution in [0.2, 0.25) is 0 Å². The van der Waals surface area contributed by atoms with E-state index in [0.717, 1.165) is 5.75 Å². The fraction of sp³-hybridized carbons (Fsp3) is 0.455. The van der Waals surface area contributed by atoms with E-state index in [1.54, 1.807) is 33.7 Å². The van der Waals surface area contributed by atoms with Crippen LogP contribution in [-0.4, -0.2) is 19.9 Å². The van der Waals surface area contributed by atoms with Crippen molar-refractivity contribution in [1.82, 2.24) is 14.2 Å². The van der Waals surface area contributed by atoms with Crippen molar-refractivity contribution in [3.63, 3.8) is 0 Å². The zero-order valence-electron chi connectivity index (χ0n) is 9.42. The number of thiol groups is 1. The molecule has 0 saturated heterocycles. The van der Waals surface area contributed by atoms with Crippen LogP contribution in [0.15, 0.2) is 29.5 Å². The largest absolute Gasteiger partial charge is 0.312 e. The Morgan fingerprint density at radius 1 is 1.44 bits per heavy atom. The number of rotatable bonds is 3. The summed E-state index contributed by atoms with van der Waals surface area (Å²) in [6.45, 7) is 4.84. The molecule has 0 aliphatic carbocycles. The maximum Gasteiger partial charge on any atom is 0.276 e. The van der Waals surface area contributed by atoms with Gasteiger partial charge in [0.05, 0.1) is 6.20 Å². The van der Waals surface area contributed by atoms with Crippen LogP contribution in [0.25, 0.3) is 5.52 Å². The number of hydrogen-bond acceptors (Lipinski definition) is 3. The van der Waals surface area contributed by atoms with Crippen LogP contribution in [0.4, 0.5) is 0 Å². The molecule has 0 amide bonds. The van der Waals surface area contributed by atoms with Gasteiger partial charge in [0, 0.05) is 18.9 Å². The average molecular weight is 237 g/mol. The van der Waals surface area contributed by atoms with E-state index in [1.807, 2.05) is 0 Å². The molecule has 0 fully saturated rings. The number of hydrogen-bond donors (Lipinski definition) is 1. The molecule has 0 N–H and O–H groups in total. The second-order valence-electron chi connectivity index (χ2n) is 4.71. The van der Waals surface area contributed by atoms with Crippen molar-refractivity contribution in [2.75, 3.05) is 5.75 Å². The van der Waals surface area contributed by atoms with Gasteiger partial charge in [-0.2, -0.15) is 17.7 Å². The van der Waals surface area contributed by atoms with E-state index < -0.39 is 0 Å². The van der Waals surface area contributed by atoms with Gasteiger partial charge in [0.1, 0.15) is 5.52 Å². The summed E-state index contributed by atoms with van der Waals surface area (Å²) in [7, 11) is 0. The summed E-state index contributed by atoms with van der Waals surface area (Å²) < 4.78 is 3.31. The van der Waals surface area contributed by atoms with E-state index in [1.165, 1.54) is 0 Å². The summed E-state index contributed by atoms with van der Waals surface area (Å²) in [5, 5.41) is 4.03. The normalized spacial score (nSPS) is 12.2. The second-order valence-corrected chi connectivity index (χ2v) is 5.03. The van der Waals surface area contributed by atoms with E-state index in [9.17, 15) is 4.79 Å². The van der Waals surface area contributed by atoms with Gasteiger partial charge < -0.3 is 4.57 Å². The van der Waals surface area contributed by atoms with Gasteiger partial charge >= 0.3 is 0 Å². The topological polar surface area (TPSA) is 39.3 Å². The molecule has 4 nitrogen and oxygen atoms in total. The minimum absolute atomic E-state index is 0.00476. The summed E-state index contributed by atoms with van der Waals surface area (Å²) in [6.07, 6.45) is 5.20. The standard InChI is InChI=1S/C11H15N3OS/c1-11(2,8-16)7-13-5-6-14-9(10(13)15)3-4-12-14/h3-6,16H,7-8H2,1-2H3. The highest BCUT2D eigenvalue weighted by Gasteiger charge is 2.17. The van der Waals surface area contributed by atoms with Gasteiger partial charge in [0.25, 0.3) is 5.56 Å². The average Bonchev–Trinajstić information content (AvgIpc) is 2.71. The van der Waals surface area contributed by atoms with Gasteiger partial charge in [0.2, 0.25) is 0 Å². The van der Waals surface area contributed by atoms with Crippen LogP contribution in [0.5, 0.6) is 0 Å². The lowest BCUT2D eigenvalue weighted by Gasteiger charge is -2.22. The molecule has 5 heteroatoms. The molecule has 86 valence electrons. The van der Waals surface area contributed by atoms with Crippen molar-refractivity contribution in [2.24, 2.45) is 5.41 Å². The van der Waals surface area contributed by atoms with Crippen molar-refractivity contribution in [3.05, 3.63) is 35.0 Å². The van der Waals surface area contributed by atoms with Crippen LogP contribution in [-0.2, 0) is 6.54 Å². The Morgan fingerprint density at radius 3 is 2.88 bits per heavy atom. The molecule has 2 aromatic rings. The van der Waals surface area contributed by atoms with Gasteiger partial charge in [-0.05, 0) is 17.2 Å². The molecule has 0 spiro atoms. The van der Waals surface area contributed by atoms with Gasteiger partial charge in [-0.1, -0.05) is 13.8 Å². The minimum Gasteiger partial charge on any atom is -0.312 e. The van der Waals surface area contributed by atoms with Crippen molar-refractivity contribution < 1.29 is 0 Å². The fourth-order valence-electron chi connectivity index (χ4n) is 1.60. The molecule has 16 heavy (non-hydrogen) atoms. The maximum atomic E-state index is 12.1. The maximum absolute atomic E-state index is 12.1. The number of aromatic nitrogens is 3. The Morgan fingerprint density at radius 2 is 2.19 bits per heavy atom. The molecule has 2 aromatic heterocycles. The second kappa shape index (κ2) is 3.97. The highest BCUT2D eigenvalue weighted by atomic mass is 32.1. The third kappa shape index (κ3) is 2.00. The molecule has 0 saturated carbocycles. The zero-order valence-corrected chi connectivity index (χ0v) is 10.3. The Balaban J connectivity index is 2.46. The molecule has 0 aliphatic heterocycles. The lowest BCUT2D eigenvalue weighted by Crippen LogP contribution is -2.30. The Kier molecular flexibility index (Phi) is 2.80. The highest BCUT2D eigenvalue weighted by Crippen LogP contribution is 2.18. The molecule has 0 atom stereocenters. The van der Waals surface area contributed by atoms with Crippen LogP contribution >= 0.6 is 12.6 Å². The van der Waals surface area contributed by atoms with Crippen molar-refractivity contribution in [3.8, 4) is 0 Å². The van der Waals surface area contributed by atoms with Crippen molar-refractivity contribution in [1.29, 1.82) is 0 Å². The van der Waals surface area contributed by atoms with Crippen molar-refractivity contribution in [2.45, 2.75) is 20.4 Å². The molecule has 0 unspecified atom stereocenters.